The Hall–Kier alpha value is -3.15. The van der Waals surface area contributed by atoms with Crippen molar-refractivity contribution in [2.45, 2.75) is 32.2 Å². The van der Waals surface area contributed by atoms with Crippen LogP contribution in [0.1, 0.15) is 48.1 Å². The molecule has 2 aromatic rings. The Kier molecular flexibility index (Phi) is 4.57. The molecule has 0 saturated carbocycles. The molecule has 30 heavy (non-hydrogen) atoms. The highest BCUT2D eigenvalue weighted by Crippen LogP contribution is 2.50. The lowest BCUT2D eigenvalue weighted by Crippen LogP contribution is -2.36. The van der Waals surface area contributed by atoms with Gasteiger partial charge in [0.1, 0.15) is 5.78 Å². The highest BCUT2D eigenvalue weighted by Gasteiger charge is 2.37. The zero-order chi connectivity index (χ0) is 20.8. The Morgan fingerprint density at radius 2 is 1.97 bits per heavy atom. The fourth-order valence-electron chi connectivity index (χ4n) is 4.74. The molecule has 0 saturated heterocycles. The first-order valence-electron chi connectivity index (χ1n) is 10.3. The van der Waals surface area contributed by atoms with Crippen LogP contribution in [0, 0.1) is 0 Å². The normalized spacial score (nSPS) is 18.2. The first kappa shape index (κ1) is 18.9. The molecule has 6 heteroatoms. The van der Waals surface area contributed by atoms with Gasteiger partial charge in [-0.25, -0.2) is 0 Å². The second-order valence-corrected chi connectivity index (χ2v) is 7.75. The molecule has 0 N–H and O–H groups in total. The summed E-state index contributed by atoms with van der Waals surface area (Å²) in [6.07, 6.45) is 4.01. The predicted octanol–water partition coefficient (Wildman–Crippen LogP) is 4.21. The van der Waals surface area contributed by atoms with Gasteiger partial charge in [-0.2, -0.15) is 0 Å². The van der Waals surface area contributed by atoms with Gasteiger partial charge in [0.15, 0.2) is 23.0 Å². The third kappa shape index (κ3) is 2.82. The summed E-state index contributed by atoms with van der Waals surface area (Å²) in [7, 11) is 3.29. The first-order valence-corrected chi connectivity index (χ1v) is 10.3. The molecule has 0 bridgehead atoms. The van der Waals surface area contributed by atoms with Crippen LogP contribution in [0.4, 0.5) is 0 Å². The summed E-state index contributed by atoms with van der Waals surface area (Å²) in [4.78, 5) is 14.9. The van der Waals surface area contributed by atoms with Gasteiger partial charge in [-0.15, -0.1) is 0 Å². The number of fused-ring (bicyclic) bond motifs is 5. The van der Waals surface area contributed by atoms with Crippen LogP contribution in [-0.2, 0) is 11.2 Å². The lowest BCUT2D eigenvalue weighted by molar-refractivity contribution is -0.119. The largest absolute Gasteiger partial charge is 0.493 e. The summed E-state index contributed by atoms with van der Waals surface area (Å²) in [5, 5.41) is 0. The molecule has 0 fully saturated rings. The van der Waals surface area contributed by atoms with Crippen molar-refractivity contribution in [2.75, 3.05) is 27.6 Å². The number of methoxy groups -OCH3 is 2. The number of hydrogen-bond donors (Lipinski definition) is 0. The predicted molar refractivity (Wildman–Crippen MR) is 113 cm³/mol. The fourth-order valence-corrected chi connectivity index (χ4v) is 4.74. The molecule has 5 rings (SSSR count). The molecule has 156 valence electrons. The van der Waals surface area contributed by atoms with Gasteiger partial charge in [0.2, 0.25) is 6.79 Å². The highest BCUT2D eigenvalue weighted by atomic mass is 16.7. The molecule has 0 aliphatic carbocycles. The van der Waals surface area contributed by atoms with Gasteiger partial charge in [-0.3, -0.25) is 4.79 Å². The summed E-state index contributed by atoms with van der Waals surface area (Å²) in [5.41, 5.74) is 5.57. The summed E-state index contributed by atoms with van der Waals surface area (Å²) in [6.45, 7) is 2.99. The molecule has 0 aromatic heterocycles. The summed E-state index contributed by atoms with van der Waals surface area (Å²) in [5.74, 6) is 3.20. The van der Waals surface area contributed by atoms with Crippen molar-refractivity contribution >= 4 is 17.6 Å². The zero-order valence-electron chi connectivity index (χ0n) is 17.5. The SMILES string of the molecule is CCC(=O)CC1c2c(ccc(OC)c2OC)C=C2c3cc4c(cc3CCN21)OCO4. The van der Waals surface area contributed by atoms with E-state index in [9.17, 15) is 4.79 Å². The number of nitrogens with zero attached hydrogens (tertiary/aromatic N) is 1. The number of rotatable bonds is 5. The topological polar surface area (TPSA) is 57.2 Å². The van der Waals surface area contributed by atoms with Gasteiger partial charge in [-0.1, -0.05) is 13.0 Å². The second kappa shape index (κ2) is 7.27. The molecule has 1 atom stereocenters. The van der Waals surface area contributed by atoms with Crippen molar-refractivity contribution in [1.82, 2.24) is 4.90 Å². The smallest absolute Gasteiger partial charge is 0.231 e. The number of benzene rings is 2. The Labute approximate surface area is 176 Å². The molecule has 3 heterocycles. The van der Waals surface area contributed by atoms with Crippen molar-refractivity contribution in [2.24, 2.45) is 0 Å². The average Bonchev–Trinajstić information content (AvgIpc) is 3.23. The molecule has 6 nitrogen and oxygen atoms in total. The van der Waals surface area contributed by atoms with E-state index in [-0.39, 0.29) is 18.6 Å². The second-order valence-electron chi connectivity index (χ2n) is 7.75. The van der Waals surface area contributed by atoms with Crippen LogP contribution in [0.25, 0.3) is 11.8 Å². The van der Waals surface area contributed by atoms with E-state index in [1.54, 1.807) is 14.2 Å². The van der Waals surface area contributed by atoms with Crippen molar-refractivity contribution in [3.8, 4) is 23.0 Å². The molecule has 0 amide bonds. The molecule has 2 aromatic carbocycles. The van der Waals surface area contributed by atoms with E-state index < -0.39 is 0 Å². The highest BCUT2D eigenvalue weighted by molar-refractivity contribution is 5.89. The molecule has 0 radical (unpaired) electrons. The minimum atomic E-state index is -0.101. The Morgan fingerprint density at radius 3 is 2.70 bits per heavy atom. The zero-order valence-corrected chi connectivity index (χ0v) is 17.5. The van der Waals surface area contributed by atoms with Gasteiger partial charge in [0.25, 0.3) is 0 Å². The molecule has 3 aliphatic rings. The number of ketones is 1. The van der Waals surface area contributed by atoms with E-state index in [0.717, 1.165) is 46.9 Å². The van der Waals surface area contributed by atoms with Crippen LogP contribution < -0.4 is 18.9 Å². The number of Topliss-reactive ketones (excluding diaryl/α,β-unsaturated/α-hetero) is 1. The van der Waals surface area contributed by atoms with E-state index in [1.807, 2.05) is 19.1 Å². The van der Waals surface area contributed by atoms with Gasteiger partial charge in [0.05, 0.1) is 20.3 Å². The van der Waals surface area contributed by atoms with Crippen LogP contribution >= 0.6 is 0 Å². The lowest BCUT2D eigenvalue weighted by Gasteiger charge is -2.43. The average molecular weight is 407 g/mol. The van der Waals surface area contributed by atoms with E-state index in [2.05, 4.69) is 23.1 Å². The van der Waals surface area contributed by atoms with E-state index in [0.29, 0.717) is 24.3 Å². The maximum Gasteiger partial charge on any atom is 0.231 e. The van der Waals surface area contributed by atoms with E-state index >= 15 is 0 Å². The molecular weight excluding hydrogens is 382 g/mol. The third-order valence-corrected chi connectivity index (χ3v) is 6.24. The van der Waals surface area contributed by atoms with Crippen LogP contribution in [0.15, 0.2) is 24.3 Å². The molecule has 0 spiro atoms. The standard InChI is InChI=1S/C24H25NO5/c1-4-16(26)11-19-23-15(5-6-20(27-2)24(23)28-3)9-18-17-12-22-21(29-13-30-22)10-14(17)7-8-25(18)19/h5-6,9-10,12,19H,4,7-8,11,13H2,1-3H3. The van der Waals surface area contributed by atoms with E-state index in [4.69, 9.17) is 18.9 Å². The van der Waals surface area contributed by atoms with Gasteiger partial charge in [-0.05, 0) is 41.8 Å². The first-order chi connectivity index (χ1) is 14.6. The van der Waals surface area contributed by atoms with Crippen LogP contribution in [-0.4, -0.2) is 38.2 Å². The van der Waals surface area contributed by atoms with Gasteiger partial charge in [0, 0.05) is 36.2 Å². The molecular formula is C24H25NO5. The van der Waals surface area contributed by atoms with E-state index in [1.165, 1.54) is 5.56 Å². The van der Waals surface area contributed by atoms with Gasteiger partial charge < -0.3 is 23.8 Å². The molecule has 3 aliphatic heterocycles. The van der Waals surface area contributed by atoms with Gasteiger partial charge >= 0.3 is 0 Å². The molecule has 1 unspecified atom stereocenters. The Bertz CT molecular complexity index is 1060. The fraction of sp³-hybridized carbons (Fsp3) is 0.375. The van der Waals surface area contributed by atoms with Crippen molar-refractivity contribution in [3.63, 3.8) is 0 Å². The monoisotopic (exact) mass is 407 g/mol. The maximum atomic E-state index is 12.6. The Balaban J connectivity index is 1.70. The minimum Gasteiger partial charge on any atom is -0.493 e. The minimum absolute atomic E-state index is 0.101. The van der Waals surface area contributed by atoms with Crippen LogP contribution in [0.2, 0.25) is 0 Å². The quantitative estimate of drug-likeness (QED) is 0.740. The number of carbonyl (C=O) groups excluding carboxylic acids is 1. The number of carbonyl (C=O) groups is 1. The van der Waals surface area contributed by atoms with Crippen LogP contribution in [0.5, 0.6) is 23.0 Å². The number of ether oxygens (including phenoxy) is 4. The summed E-state index contributed by atoms with van der Waals surface area (Å²) < 4.78 is 22.5. The summed E-state index contributed by atoms with van der Waals surface area (Å²) >= 11 is 0. The van der Waals surface area contributed by atoms with Crippen molar-refractivity contribution in [3.05, 3.63) is 46.5 Å². The Morgan fingerprint density at radius 1 is 1.17 bits per heavy atom. The maximum absolute atomic E-state index is 12.6. The summed E-state index contributed by atoms with van der Waals surface area (Å²) in [6, 6.07) is 8.03. The lowest BCUT2D eigenvalue weighted by atomic mass is 9.84. The van der Waals surface area contributed by atoms with Crippen molar-refractivity contribution < 1.29 is 23.7 Å². The van der Waals surface area contributed by atoms with Crippen molar-refractivity contribution in [1.29, 1.82) is 0 Å². The van der Waals surface area contributed by atoms with Crippen LogP contribution in [0.3, 0.4) is 0 Å². The third-order valence-electron chi connectivity index (χ3n) is 6.24. The number of hydrogen-bond acceptors (Lipinski definition) is 6.